The minimum atomic E-state index is 0.131. The fourth-order valence-corrected chi connectivity index (χ4v) is 1.86. The molecule has 0 fully saturated rings. The van der Waals surface area contributed by atoms with Crippen molar-refractivity contribution in [2.24, 2.45) is 5.73 Å². The first kappa shape index (κ1) is 13.2. The maximum Gasteiger partial charge on any atom is 0.226 e. The Balaban J connectivity index is 2.50. The Kier molecular flexibility index (Phi) is 5.49. The molecule has 16 heavy (non-hydrogen) atoms. The van der Waals surface area contributed by atoms with Gasteiger partial charge in [0.25, 0.3) is 0 Å². The maximum atomic E-state index is 11.8. The summed E-state index contributed by atoms with van der Waals surface area (Å²) in [6, 6.07) is 7.81. The van der Waals surface area contributed by atoms with Gasteiger partial charge in [-0.3, -0.25) is 4.79 Å². The van der Waals surface area contributed by atoms with Crippen molar-refractivity contribution in [3.05, 3.63) is 34.3 Å². The highest BCUT2D eigenvalue weighted by atomic mass is 79.9. The van der Waals surface area contributed by atoms with E-state index in [0.29, 0.717) is 13.0 Å². The Morgan fingerprint density at radius 3 is 2.88 bits per heavy atom. The first-order valence-electron chi connectivity index (χ1n) is 5.32. The first-order valence-corrected chi connectivity index (χ1v) is 6.11. The van der Waals surface area contributed by atoms with Gasteiger partial charge in [-0.25, -0.2) is 0 Å². The molecule has 2 N–H and O–H groups in total. The summed E-state index contributed by atoms with van der Waals surface area (Å²) in [6.45, 7) is 1.35. The average Bonchev–Trinajstić information content (AvgIpc) is 2.25. The fourth-order valence-electron chi connectivity index (χ4n) is 1.41. The Hall–Kier alpha value is -0.870. The second-order valence-electron chi connectivity index (χ2n) is 3.76. The average molecular weight is 285 g/mol. The zero-order valence-electron chi connectivity index (χ0n) is 9.45. The monoisotopic (exact) mass is 284 g/mol. The van der Waals surface area contributed by atoms with Crippen molar-refractivity contribution < 1.29 is 4.79 Å². The van der Waals surface area contributed by atoms with E-state index < -0.39 is 0 Å². The molecule has 0 saturated heterocycles. The number of hydrogen-bond donors (Lipinski definition) is 1. The van der Waals surface area contributed by atoms with Crippen LogP contribution in [-0.2, 0) is 11.2 Å². The molecule has 88 valence electrons. The van der Waals surface area contributed by atoms with Gasteiger partial charge in [0.1, 0.15) is 0 Å². The van der Waals surface area contributed by atoms with Crippen LogP contribution in [0.3, 0.4) is 0 Å². The van der Waals surface area contributed by atoms with Crippen LogP contribution in [0.15, 0.2) is 28.7 Å². The van der Waals surface area contributed by atoms with Crippen molar-refractivity contribution in [1.82, 2.24) is 4.90 Å². The van der Waals surface area contributed by atoms with Crippen molar-refractivity contribution in [3.63, 3.8) is 0 Å². The number of carbonyl (C=O) groups excluding carboxylic acids is 1. The van der Waals surface area contributed by atoms with Gasteiger partial charge in [0, 0.05) is 18.1 Å². The lowest BCUT2D eigenvalue weighted by molar-refractivity contribution is -0.129. The van der Waals surface area contributed by atoms with E-state index in [1.54, 1.807) is 4.90 Å². The summed E-state index contributed by atoms with van der Waals surface area (Å²) in [7, 11) is 1.82. The van der Waals surface area contributed by atoms with Crippen LogP contribution in [0.4, 0.5) is 0 Å². The molecule has 0 atom stereocenters. The van der Waals surface area contributed by atoms with Gasteiger partial charge in [-0.15, -0.1) is 0 Å². The van der Waals surface area contributed by atoms with Crippen molar-refractivity contribution in [3.8, 4) is 0 Å². The summed E-state index contributed by atoms with van der Waals surface area (Å²) in [6.07, 6.45) is 1.29. The van der Waals surface area contributed by atoms with E-state index in [4.69, 9.17) is 5.73 Å². The third-order valence-corrected chi connectivity index (χ3v) is 2.86. The van der Waals surface area contributed by atoms with Crippen LogP contribution in [0.1, 0.15) is 12.0 Å². The van der Waals surface area contributed by atoms with Crippen molar-refractivity contribution in [2.45, 2.75) is 12.8 Å². The third kappa shape index (κ3) is 4.33. The summed E-state index contributed by atoms with van der Waals surface area (Å²) >= 11 is 3.39. The predicted molar refractivity (Wildman–Crippen MR) is 69.2 cm³/mol. The molecule has 0 aliphatic rings. The molecule has 1 rings (SSSR count). The van der Waals surface area contributed by atoms with E-state index in [2.05, 4.69) is 15.9 Å². The lowest BCUT2D eigenvalue weighted by atomic mass is 10.1. The smallest absolute Gasteiger partial charge is 0.226 e. The molecular weight excluding hydrogens is 268 g/mol. The molecule has 0 aliphatic carbocycles. The number of halogens is 1. The fraction of sp³-hybridized carbons (Fsp3) is 0.417. The molecule has 4 heteroatoms. The molecule has 0 bridgehead atoms. The zero-order valence-corrected chi connectivity index (χ0v) is 11.0. The van der Waals surface area contributed by atoms with Gasteiger partial charge in [-0.2, -0.15) is 0 Å². The van der Waals surface area contributed by atoms with Gasteiger partial charge in [0.2, 0.25) is 5.91 Å². The number of hydrogen-bond acceptors (Lipinski definition) is 2. The Morgan fingerprint density at radius 1 is 1.50 bits per heavy atom. The molecule has 0 saturated carbocycles. The number of likely N-dealkylation sites (N-methyl/N-ethyl adjacent to an activating group) is 1. The molecule has 1 amide bonds. The number of benzene rings is 1. The van der Waals surface area contributed by atoms with E-state index in [9.17, 15) is 4.79 Å². The van der Waals surface area contributed by atoms with Crippen LogP contribution < -0.4 is 5.73 Å². The van der Waals surface area contributed by atoms with Crippen molar-refractivity contribution >= 4 is 21.8 Å². The molecule has 0 spiro atoms. The number of nitrogens with two attached hydrogens (primary N) is 1. The molecule has 1 aromatic rings. The molecule has 0 heterocycles. The van der Waals surface area contributed by atoms with Crippen LogP contribution in [0, 0.1) is 0 Å². The van der Waals surface area contributed by atoms with Gasteiger partial charge >= 0.3 is 0 Å². The van der Waals surface area contributed by atoms with Gasteiger partial charge in [-0.05, 0) is 30.7 Å². The van der Waals surface area contributed by atoms with Gasteiger partial charge in [-0.1, -0.05) is 28.1 Å². The van der Waals surface area contributed by atoms with Crippen LogP contribution in [0.5, 0.6) is 0 Å². The van der Waals surface area contributed by atoms with Gasteiger partial charge < -0.3 is 10.6 Å². The number of carbonyl (C=O) groups is 1. The minimum Gasteiger partial charge on any atom is -0.345 e. The van der Waals surface area contributed by atoms with Crippen molar-refractivity contribution in [2.75, 3.05) is 20.1 Å². The number of rotatable bonds is 5. The van der Waals surface area contributed by atoms with E-state index in [0.717, 1.165) is 23.0 Å². The third-order valence-electron chi connectivity index (χ3n) is 2.37. The maximum absolute atomic E-state index is 11.8. The molecular formula is C12H17BrN2O. The molecule has 3 nitrogen and oxygen atoms in total. The number of nitrogens with zero attached hydrogens (tertiary/aromatic N) is 1. The molecule has 0 aliphatic heterocycles. The summed E-state index contributed by atoms with van der Waals surface area (Å²) < 4.78 is 1.00. The Bertz CT molecular complexity index is 355. The van der Waals surface area contributed by atoms with E-state index in [1.165, 1.54) is 0 Å². The zero-order chi connectivity index (χ0) is 12.0. The Labute approximate surface area is 105 Å². The highest BCUT2D eigenvalue weighted by Crippen LogP contribution is 2.12. The summed E-state index contributed by atoms with van der Waals surface area (Å²) in [5, 5.41) is 0. The van der Waals surface area contributed by atoms with Gasteiger partial charge in [0.15, 0.2) is 0 Å². The van der Waals surface area contributed by atoms with E-state index in [1.807, 2.05) is 31.3 Å². The second-order valence-corrected chi connectivity index (χ2v) is 4.68. The SMILES string of the molecule is CN(CCCN)C(=O)Cc1cccc(Br)c1. The first-order chi connectivity index (χ1) is 7.63. The quantitative estimate of drug-likeness (QED) is 0.896. The lowest BCUT2D eigenvalue weighted by Gasteiger charge is -2.16. The topological polar surface area (TPSA) is 46.3 Å². The largest absolute Gasteiger partial charge is 0.345 e. The number of amides is 1. The van der Waals surface area contributed by atoms with Crippen LogP contribution in [0.2, 0.25) is 0 Å². The normalized spacial score (nSPS) is 10.2. The minimum absolute atomic E-state index is 0.131. The molecule has 1 aromatic carbocycles. The molecule has 0 unspecified atom stereocenters. The second kappa shape index (κ2) is 6.66. The highest BCUT2D eigenvalue weighted by Gasteiger charge is 2.08. The predicted octanol–water partition coefficient (Wildman–Crippen LogP) is 1.80. The Morgan fingerprint density at radius 2 is 2.25 bits per heavy atom. The summed E-state index contributed by atoms with van der Waals surface area (Å²) in [5.41, 5.74) is 6.43. The lowest BCUT2D eigenvalue weighted by Crippen LogP contribution is -2.30. The van der Waals surface area contributed by atoms with E-state index in [-0.39, 0.29) is 5.91 Å². The van der Waals surface area contributed by atoms with Gasteiger partial charge in [0.05, 0.1) is 6.42 Å². The highest BCUT2D eigenvalue weighted by molar-refractivity contribution is 9.10. The van der Waals surface area contributed by atoms with Crippen molar-refractivity contribution in [1.29, 1.82) is 0 Å². The summed E-state index contributed by atoms with van der Waals surface area (Å²) in [4.78, 5) is 13.5. The van der Waals surface area contributed by atoms with E-state index >= 15 is 0 Å². The van der Waals surface area contributed by atoms with Crippen LogP contribution in [0.25, 0.3) is 0 Å². The van der Waals surface area contributed by atoms with Crippen LogP contribution in [-0.4, -0.2) is 30.9 Å². The summed E-state index contributed by atoms with van der Waals surface area (Å²) in [5.74, 6) is 0.131. The molecule has 0 aromatic heterocycles. The molecule has 0 radical (unpaired) electrons. The standard InChI is InChI=1S/C12H17BrN2O/c1-15(7-3-6-14)12(16)9-10-4-2-5-11(13)8-10/h2,4-5,8H,3,6-7,9,14H2,1H3. The van der Waals surface area contributed by atoms with Crippen LogP contribution >= 0.6 is 15.9 Å².